The third-order valence-corrected chi connectivity index (χ3v) is 2.14. The van der Waals surface area contributed by atoms with Gasteiger partial charge in [0.2, 0.25) is 0 Å². The Hall–Kier alpha value is -2.35. The van der Waals surface area contributed by atoms with E-state index in [-0.39, 0.29) is 29.9 Å². The molecule has 1 aromatic rings. The molecule has 0 aliphatic heterocycles. The maximum Gasteiger partial charge on any atom is 0.310 e. The summed E-state index contributed by atoms with van der Waals surface area (Å²) in [4.78, 5) is 21.8. The van der Waals surface area contributed by atoms with Gasteiger partial charge in [-0.3, -0.25) is 9.59 Å². The maximum absolute atomic E-state index is 11.3. The first-order valence-electron chi connectivity index (χ1n) is 4.99. The average Bonchev–Trinajstić information content (AvgIpc) is 2.29. The quantitative estimate of drug-likeness (QED) is 0.623. The van der Waals surface area contributed by atoms with Gasteiger partial charge in [-0.2, -0.15) is 5.26 Å². The molecular formula is C12H11NO4. The predicted octanol–water partition coefficient (Wildman–Crippen LogP) is 1.18. The molecule has 0 fully saturated rings. The van der Waals surface area contributed by atoms with E-state index >= 15 is 0 Å². The van der Waals surface area contributed by atoms with Crippen LogP contribution in [0.5, 0.6) is 5.75 Å². The lowest BCUT2D eigenvalue weighted by molar-refractivity contribution is -0.142. The third kappa shape index (κ3) is 3.05. The third-order valence-electron chi connectivity index (χ3n) is 2.14. The van der Waals surface area contributed by atoms with Gasteiger partial charge in [-0.25, -0.2) is 0 Å². The monoisotopic (exact) mass is 233 g/mol. The summed E-state index contributed by atoms with van der Waals surface area (Å²) in [6, 6.07) is 4.35. The minimum absolute atomic E-state index is 0.0224. The number of aromatic hydroxyl groups is 1. The molecule has 1 rings (SSSR count). The smallest absolute Gasteiger partial charge is 0.310 e. The summed E-state index contributed by atoms with van der Waals surface area (Å²) >= 11 is 0. The van der Waals surface area contributed by atoms with Crippen LogP contribution in [0.1, 0.15) is 28.4 Å². The number of phenolic OH excluding ortho intramolecular Hbond substituents is 1. The number of benzene rings is 1. The minimum Gasteiger partial charge on any atom is -0.507 e. The van der Waals surface area contributed by atoms with E-state index in [1.54, 1.807) is 6.92 Å². The standard InChI is InChI=1S/C12H11NO4/c1-2-17-12(16)5-8-4-11(15)10(7-14)3-9(8)6-13/h3-4,7,15H,2,5H2,1H3. The fourth-order valence-electron chi connectivity index (χ4n) is 1.36. The van der Waals surface area contributed by atoms with Crippen LogP contribution in [0.4, 0.5) is 0 Å². The predicted molar refractivity (Wildman–Crippen MR) is 58.5 cm³/mol. The van der Waals surface area contributed by atoms with Gasteiger partial charge >= 0.3 is 5.97 Å². The number of aldehydes is 1. The highest BCUT2D eigenvalue weighted by Gasteiger charge is 2.12. The molecule has 5 nitrogen and oxygen atoms in total. The van der Waals surface area contributed by atoms with Crippen molar-refractivity contribution >= 4 is 12.3 Å². The Kier molecular flexibility index (Phi) is 4.23. The zero-order valence-corrected chi connectivity index (χ0v) is 9.27. The topological polar surface area (TPSA) is 87.4 Å². The number of ether oxygens (including phenoxy) is 1. The summed E-state index contributed by atoms with van der Waals surface area (Å²) < 4.78 is 4.74. The second-order valence-corrected chi connectivity index (χ2v) is 3.28. The van der Waals surface area contributed by atoms with Crippen LogP contribution >= 0.6 is 0 Å². The van der Waals surface area contributed by atoms with Crippen molar-refractivity contribution < 1.29 is 19.4 Å². The molecule has 5 heteroatoms. The van der Waals surface area contributed by atoms with Crippen molar-refractivity contribution in [3.63, 3.8) is 0 Å². The number of nitriles is 1. The number of hydrogen-bond acceptors (Lipinski definition) is 5. The molecule has 0 atom stereocenters. The summed E-state index contributed by atoms with van der Waals surface area (Å²) in [6.07, 6.45) is 0.341. The molecule has 17 heavy (non-hydrogen) atoms. The lowest BCUT2D eigenvalue weighted by Gasteiger charge is -2.06. The number of carbonyl (C=O) groups is 2. The Morgan fingerprint density at radius 3 is 2.82 bits per heavy atom. The SMILES string of the molecule is CCOC(=O)Cc1cc(O)c(C=O)cc1C#N. The minimum atomic E-state index is -0.484. The van der Waals surface area contributed by atoms with Crippen molar-refractivity contribution in [3.8, 4) is 11.8 Å². The number of esters is 1. The zero-order valence-electron chi connectivity index (χ0n) is 9.27. The van der Waals surface area contributed by atoms with E-state index in [0.29, 0.717) is 11.8 Å². The van der Waals surface area contributed by atoms with E-state index in [2.05, 4.69) is 0 Å². The average molecular weight is 233 g/mol. The van der Waals surface area contributed by atoms with E-state index in [9.17, 15) is 14.7 Å². The summed E-state index contributed by atoms with van der Waals surface area (Å²) in [5.74, 6) is -0.736. The molecule has 0 amide bonds. The summed E-state index contributed by atoms with van der Waals surface area (Å²) in [5.41, 5.74) is 0.543. The van der Waals surface area contributed by atoms with Crippen LogP contribution in [0.3, 0.4) is 0 Å². The Morgan fingerprint density at radius 2 is 2.29 bits per heavy atom. The summed E-state index contributed by atoms with van der Waals surface area (Å²) in [5, 5.41) is 18.3. The Morgan fingerprint density at radius 1 is 1.59 bits per heavy atom. The fourth-order valence-corrected chi connectivity index (χ4v) is 1.36. The molecule has 0 aromatic heterocycles. The van der Waals surface area contributed by atoms with Crippen LogP contribution in [0.15, 0.2) is 12.1 Å². The maximum atomic E-state index is 11.3. The highest BCUT2D eigenvalue weighted by molar-refractivity contribution is 5.81. The van der Waals surface area contributed by atoms with Crippen molar-refractivity contribution in [1.82, 2.24) is 0 Å². The number of hydrogen-bond donors (Lipinski definition) is 1. The van der Waals surface area contributed by atoms with Gasteiger partial charge < -0.3 is 9.84 Å². The van der Waals surface area contributed by atoms with Gasteiger partial charge in [-0.1, -0.05) is 0 Å². The van der Waals surface area contributed by atoms with Gasteiger partial charge in [0.1, 0.15) is 5.75 Å². The molecule has 0 saturated heterocycles. The second-order valence-electron chi connectivity index (χ2n) is 3.28. The van der Waals surface area contributed by atoms with E-state index in [0.717, 1.165) is 0 Å². The van der Waals surface area contributed by atoms with Crippen molar-refractivity contribution in [2.45, 2.75) is 13.3 Å². The highest BCUT2D eigenvalue weighted by Crippen LogP contribution is 2.21. The molecule has 0 unspecified atom stereocenters. The molecule has 0 heterocycles. The number of rotatable bonds is 4. The molecule has 0 spiro atoms. The van der Waals surface area contributed by atoms with Gasteiger partial charge in [0.25, 0.3) is 0 Å². The van der Waals surface area contributed by atoms with Crippen LogP contribution in [0.25, 0.3) is 0 Å². The van der Waals surface area contributed by atoms with Gasteiger partial charge in [0.15, 0.2) is 6.29 Å². The lowest BCUT2D eigenvalue weighted by Crippen LogP contribution is -2.09. The van der Waals surface area contributed by atoms with Crippen molar-refractivity contribution in [2.75, 3.05) is 6.61 Å². The van der Waals surface area contributed by atoms with E-state index in [1.807, 2.05) is 6.07 Å². The molecule has 1 aromatic carbocycles. The number of phenols is 1. The van der Waals surface area contributed by atoms with Crippen LogP contribution < -0.4 is 0 Å². The largest absolute Gasteiger partial charge is 0.507 e. The molecule has 1 N–H and O–H groups in total. The first kappa shape index (κ1) is 12.7. The summed E-state index contributed by atoms with van der Waals surface area (Å²) in [6.45, 7) is 1.93. The molecule has 0 bridgehead atoms. The Labute approximate surface area is 98.2 Å². The lowest BCUT2D eigenvalue weighted by atomic mass is 10.0. The summed E-state index contributed by atoms with van der Waals surface area (Å²) in [7, 11) is 0. The molecule has 0 radical (unpaired) electrons. The van der Waals surface area contributed by atoms with Gasteiger partial charge in [0.05, 0.1) is 30.2 Å². The van der Waals surface area contributed by atoms with E-state index in [1.165, 1.54) is 12.1 Å². The fraction of sp³-hybridized carbons (Fsp3) is 0.250. The molecular weight excluding hydrogens is 222 g/mol. The first-order valence-corrected chi connectivity index (χ1v) is 4.99. The van der Waals surface area contributed by atoms with Crippen LogP contribution in [-0.4, -0.2) is 24.0 Å². The van der Waals surface area contributed by atoms with Gasteiger partial charge in [-0.15, -0.1) is 0 Å². The van der Waals surface area contributed by atoms with Gasteiger partial charge in [0, 0.05) is 0 Å². The van der Waals surface area contributed by atoms with Crippen molar-refractivity contribution in [1.29, 1.82) is 5.26 Å². The molecule has 88 valence electrons. The van der Waals surface area contributed by atoms with Crippen LogP contribution in [0, 0.1) is 11.3 Å². The second kappa shape index (κ2) is 5.66. The highest BCUT2D eigenvalue weighted by atomic mass is 16.5. The van der Waals surface area contributed by atoms with Crippen molar-refractivity contribution in [3.05, 3.63) is 28.8 Å². The van der Waals surface area contributed by atoms with Crippen LogP contribution in [0.2, 0.25) is 0 Å². The Bertz CT molecular complexity index is 488. The van der Waals surface area contributed by atoms with E-state index < -0.39 is 5.97 Å². The van der Waals surface area contributed by atoms with Crippen LogP contribution in [-0.2, 0) is 16.0 Å². The molecule has 0 aliphatic rings. The molecule has 0 aliphatic carbocycles. The molecule has 0 saturated carbocycles. The van der Waals surface area contributed by atoms with Crippen molar-refractivity contribution in [2.24, 2.45) is 0 Å². The van der Waals surface area contributed by atoms with Gasteiger partial charge in [-0.05, 0) is 24.6 Å². The van der Waals surface area contributed by atoms with E-state index in [4.69, 9.17) is 10.00 Å². The Balaban J connectivity index is 3.07. The number of nitrogens with zero attached hydrogens (tertiary/aromatic N) is 1. The zero-order chi connectivity index (χ0) is 12.8. The number of carbonyl (C=O) groups excluding carboxylic acids is 2. The normalized spacial score (nSPS) is 9.41. The first-order chi connectivity index (χ1) is 8.12.